The van der Waals surface area contributed by atoms with Gasteiger partial charge in [0.2, 0.25) is 0 Å². The number of nitrogens with one attached hydrogen (secondary N) is 1. The molecule has 0 saturated heterocycles. The van der Waals surface area contributed by atoms with Crippen LogP contribution < -0.4 is 10.1 Å². The quantitative estimate of drug-likeness (QED) is 0.819. The van der Waals surface area contributed by atoms with Crippen LogP contribution in [0.25, 0.3) is 0 Å². The first-order valence-electron chi connectivity index (χ1n) is 6.22. The number of carboxylic acid groups (broad SMARTS) is 1. The maximum absolute atomic E-state index is 11.7. The third-order valence-electron chi connectivity index (χ3n) is 2.74. The first-order valence-corrected chi connectivity index (χ1v) is 6.22. The zero-order valence-electron chi connectivity index (χ0n) is 11.3. The molecule has 0 spiro atoms. The summed E-state index contributed by atoms with van der Waals surface area (Å²) < 4.78 is 5.45. The summed E-state index contributed by atoms with van der Waals surface area (Å²) in [5.41, 5.74) is 1.18. The first kappa shape index (κ1) is 15.0. The van der Waals surface area contributed by atoms with Gasteiger partial charge < -0.3 is 15.2 Å². The molecule has 0 radical (unpaired) electrons. The van der Waals surface area contributed by atoms with E-state index in [0.29, 0.717) is 5.75 Å². The van der Waals surface area contributed by atoms with Gasteiger partial charge in [-0.15, -0.1) is 0 Å². The Bertz CT molecular complexity index is 441. The van der Waals surface area contributed by atoms with Gasteiger partial charge in [0.1, 0.15) is 11.8 Å². The number of rotatable bonds is 6. The molecular weight excluding hydrogens is 246 g/mol. The number of carbonyl (C=O) groups is 2. The van der Waals surface area contributed by atoms with E-state index in [1.54, 1.807) is 19.1 Å². The molecule has 5 nitrogen and oxygen atoms in total. The maximum Gasteiger partial charge on any atom is 0.325 e. The van der Waals surface area contributed by atoms with Gasteiger partial charge in [-0.3, -0.25) is 9.59 Å². The number of hydrogen-bond donors (Lipinski definition) is 2. The summed E-state index contributed by atoms with van der Waals surface area (Å²) in [6.07, 6.45) is 0.196. The predicted molar refractivity (Wildman–Crippen MR) is 71.2 cm³/mol. The number of aryl methyl sites for hydroxylation is 1. The maximum atomic E-state index is 11.7. The van der Waals surface area contributed by atoms with E-state index < -0.39 is 24.0 Å². The standard InChI is InChI=1S/C14H19NO4/c1-4-11-5-7-12(8-6-11)19-10(3)13(16)15-9(2)14(17)18/h5-10H,4H2,1-3H3,(H,15,16)(H,17,18). The fourth-order valence-electron chi connectivity index (χ4n) is 1.45. The van der Waals surface area contributed by atoms with Crippen molar-refractivity contribution in [1.29, 1.82) is 0 Å². The molecule has 0 bridgehead atoms. The molecule has 1 amide bonds. The molecule has 2 N–H and O–H groups in total. The largest absolute Gasteiger partial charge is 0.481 e. The molecule has 0 fully saturated rings. The third-order valence-corrected chi connectivity index (χ3v) is 2.74. The van der Waals surface area contributed by atoms with Gasteiger partial charge in [-0.05, 0) is 38.0 Å². The number of amides is 1. The van der Waals surface area contributed by atoms with E-state index in [1.807, 2.05) is 12.1 Å². The van der Waals surface area contributed by atoms with Crippen LogP contribution in [0.2, 0.25) is 0 Å². The lowest BCUT2D eigenvalue weighted by Gasteiger charge is -2.16. The van der Waals surface area contributed by atoms with Crippen LogP contribution >= 0.6 is 0 Å². The number of hydrogen-bond acceptors (Lipinski definition) is 3. The molecule has 0 aliphatic carbocycles. The highest BCUT2D eigenvalue weighted by atomic mass is 16.5. The van der Waals surface area contributed by atoms with E-state index >= 15 is 0 Å². The van der Waals surface area contributed by atoms with Gasteiger partial charge in [0, 0.05) is 0 Å². The normalized spacial score (nSPS) is 13.4. The Hall–Kier alpha value is -2.04. The van der Waals surface area contributed by atoms with Crippen LogP contribution in [-0.4, -0.2) is 29.1 Å². The van der Waals surface area contributed by atoms with E-state index in [9.17, 15) is 9.59 Å². The van der Waals surface area contributed by atoms with Crippen LogP contribution in [0.15, 0.2) is 24.3 Å². The molecule has 1 rings (SSSR count). The van der Waals surface area contributed by atoms with Gasteiger partial charge in [0.15, 0.2) is 6.10 Å². The fraction of sp³-hybridized carbons (Fsp3) is 0.429. The summed E-state index contributed by atoms with van der Waals surface area (Å²) in [6.45, 7) is 5.04. The Balaban J connectivity index is 2.55. The third kappa shape index (κ3) is 4.62. The minimum Gasteiger partial charge on any atom is -0.481 e. The second kappa shape index (κ2) is 6.78. The summed E-state index contributed by atoms with van der Waals surface area (Å²) in [5.74, 6) is -0.940. The van der Waals surface area contributed by atoms with Crippen LogP contribution in [0.4, 0.5) is 0 Å². The molecule has 1 aromatic carbocycles. The molecule has 0 heterocycles. The minimum atomic E-state index is -1.08. The average molecular weight is 265 g/mol. The van der Waals surface area contributed by atoms with E-state index in [4.69, 9.17) is 9.84 Å². The van der Waals surface area contributed by atoms with Crippen LogP contribution in [0, 0.1) is 0 Å². The Morgan fingerprint density at radius 2 is 1.84 bits per heavy atom. The summed E-state index contributed by atoms with van der Waals surface area (Å²) in [5, 5.41) is 11.1. The number of benzene rings is 1. The van der Waals surface area contributed by atoms with Crippen molar-refractivity contribution in [2.45, 2.75) is 39.3 Å². The molecule has 19 heavy (non-hydrogen) atoms. The van der Waals surface area contributed by atoms with Crippen molar-refractivity contribution < 1.29 is 19.4 Å². The molecular formula is C14H19NO4. The van der Waals surface area contributed by atoms with Crippen molar-refractivity contribution in [3.63, 3.8) is 0 Å². The van der Waals surface area contributed by atoms with Crippen molar-refractivity contribution in [2.75, 3.05) is 0 Å². The van der Waals surface area contributed by atoms with Gasteiger partial charge in [0.25, 0.3) is 5.91 Å². The SMILES string of the molecule is CCc1ccc(OC(C)C(=O)NC(C)C(=O)O)cc1. The van der Waals surface area contributed by atoms with Crippen LogP contribution in [0.3, 0.4) is 0 Å². The van der Waals surface area contributed by atoms with Crippen LogP contribution in [0.5, 0.6) is 5.75 Å². The predicted octanol–water partition coefficient (Wildman–Crippen LogP) is 1.61. The Labute approximate surface area is 112 Å². The zero-order valence-corrected chi connectivity index (χ0v) is 11.3. The lowest BCUT2D eigenvalue weighted by Crippen LogP contribution is -2.44. The molecule has 5 heteroatoms. The summed E-state index contributed by atoms with van der Waals surface area (Å²) in [6, 6.07) is 6.52. The van der Waals surface area contributed by atoms with Crippen LogP contribution in [-0.2, 0) is 16.0 Å². The molecule has 1 aromatic rings. The van der Waals surface area contributed by atoms with Crippen molar-refractivity contribution in [2.24, 2.45) is 0 Å². The second-order valence-corrected chi connectivity index (χ2v) is 4.33. The van der Waals surface area contributed by atoms with E-state index in [0.717, 1.165) is 6.42 Å². The number of carboxylic acids is 1. The monoisotopic (exact) mass is 265 g/mol. The lowest BCUT2D eigenvalue weighted by molar-refractivity contribution is -0.142. The van der Waals surface area contributed by atoms with E-state index in [-0.39, 0.29) is 0 Å². The highest BCUT2D eigenvalue weighted by molar-refractivity contribution is 5.86. The Morgan fingerprint density at radius 1 is 1.26 bits per heavy atom. The first-order chi connectivity index (χ1) is 8.93. The summed E-state index contributed by atoms with van der Waals surface area (Å²) in [7, 11) is 0. The zero-order chi connectivity index (χ0) is 14.4. The molecule has 0 saturated carbocycles. The number of ether oxygens (including phenoxy) is 1. The molecule has 0 aliphatic rings. The molecule has 0 aromatic heterocycles. The van der Waals surface area contributed by atoms with Crippen LogP contribution in [0.1, 0.15) is 26.3 Å². The Kier molecular flexibility index (Phi) is 5.36. The van der Waals surface area contributed by atoms with Crippen molar-refractivity contribution in [1.82, 2.24) is 5.32 Å². The highest BCUT2D eigenvalue weighted by Crippen LogP contribution is 2.14. The van der Waals surface area contributed by atoms with Gasteiger partial charge >= 0.3 is 5.97 Å². The van der Waals surface area contributed by atoms with Gasteiger partial charge in [-0.25, -0.2) is 0 Å². The molecule has 0 aliphatic heterocycles. The molecule has 2 atom stereocenters. The number of carbonyl (C=O) groups excluding carboxylic acids is 1. The molecule has 104 valence electrons. The van der Waals surface area contributed by atoms with Gasteiger partial charge in [0.05, 0.1) is 0 Å². The molecule has 2 unspecified atom stereocenters. The van der Waals surface area contributed by atoms with E-state index in [1.165, 1.54) is 12.5 Å². The van der Waals surface area contributed by atoms with Crippen molar-refractivity contribution in [3.05, 3.63) is 29.8 Å². The topological polar surface area (TPSA) is 75.6 Å². The smallest absolute Gasteiger partial charge is 0.325 e. The highest BCUT2D eigenvalue weighted by Gasteiger charge is 2.20. The van der Waals surface area contributed by atoms with Crippen molar-refractivity contribution >= 4 is 11.9 Å². The van der Waals surface area contributed by atoms with Gasteiger partial charge in [-0.1, -0.05) is 19.1 Å². The summed E-state index contributed by atoms with van der Waals surface area (Å²) in [4.78, 5) is 22.3. The van der Waals surface area contributed by atoms with Gasteiger partial charge in [-0.2, -0.15) is 0 Å². The fourth-order valence-corrected chi connectivity index (χ4v) is 1.45. The minimum absolute atomic E-state index is 0.450. The Morgan fingerprint density at radius 3 is 2.32 bits per heavy atom. The summed E-state index contributed by atoms with van der Waals surface area (Å²) >= 11 is 0. The second-order valence-electron chi connectivity index (χ2n) is 4.33. The van der Waals surface area contributed by atoms with E-state index in [2.05, 4.69) is 12.2 Å². The average Bonchev–Trinajstić information content (AvgIpc) is 2.39. The number of aliphatic carboxylic acids is 1. The lowest BCUT2D eigenvalue weighted by atomic mass is 10.2. The van der Waals surface area contributed by atoms with Crippen molar-refractivity contribution in [3.8, 4) is 5.75 Å².